The summed E-state index contributed by atoms with van der Waals surface area (Å²) in [6, 6.07) is 13.2. The van der Waals surface area contributed by atoms with Crippen LogP contribution >= 0.6 is 0 Å². The third kappa shape index (κ3) is 3.85. The maximum atomic E-state index is 12.0. The van der Waals surface area contributed by atoms with Crippen LogP contribution in [0.25, 0.3) is 0 Å². The third-order valence-corrected chi connectivity index (χ3v) is 2.83. The van der Waals surface area contributed by atoms with Crippen LogP contribution in [0.2, 0.25) is 0 Å². The molecule has 106 valence electrons. The van der Waals surface area contributed by atoms with Gasteiger partial charge in [0.15, 0.2) is 0 Å². The summed E-state index contributed by atoms with van der Waals surface area (Å²) >= 11 is 0. The first-order valence-electron chi connectivity index (χ1n) is 6.15. The average molecular weight is 279 g/mol. The monoisotopic (exact) mass is 279 g/mol. The van der Waals surface area contributed by atoms with Gasteiger partial charge in [-0.2, -0.15) is 8.78 Å². The smallest absolute Gasteiger partial charge is 0.387 e. The molecule has 0 radical (unpaired) electrons. The predicted molar refractivity (Wildman–Crippen MR) is 73.2 cm³/mol. The first-order chi connectivity index (χ1) is 9.54. The van der Waals surface area contributed by atoms with Crippen LogP contribution in [-0.2, 0) is 0 Å². The molecule has 5 heteroatoms. The molecule has 0 aliphatic carbocycles. The van der Waals surface area contributed by atoms with Crippen LogP contribution in [0.15, 0.2) is 48.5 Å². The number of hydrogen-bond acceptors (Lipinski definition) is 3. The van der Waals surface area contributed by atoms with Crippen LogP contribution in [0.5, 0.6) is 11.5 Å². The van der Waals surface area contributed by atoms with E-state index >= 15 is 0 Å². The highest BCUT2D eigenvalue weighted by Gasteiger charge is 2.07. The lowest BCUT2D eigenvalue weighted by Crippen LogP contribution is -2.06. The number of phenolic OH excluding ortho intramolecular Hbond substituents is 1. The van der Waals surface area contributed by atoms with Crippen LogP contribution in [-0.4, -0.2) is 11.7 Å². The molecule has 0 fully saturated rings. The molecule has 2 N–H and O–H groups in total. The SMILES string of the molecule is CC(Nc1ccc(OC(F)F)cc1)c1cccc(O)c1. The Morgan fingerprint density at radius 3 is 2.40 bits per heavy atom. The van der Waals surface area contributed by atoms with Crippen LogP contribution in [0.4, 0.5) is 14.5 Å². The number of phenols is 1. The van der Waals surface area contributed by atoms with Gasteiger partial charge < -0.3 is 15.2 Å². The van der Waals surface area contributed by atoms with Gasteiger partial charge in [0, 0.05) is 11.7 Å². The maximum Gasteiger partial charge on any atom is 0.387 e. The number of benzene rings is 2. The van der Waals surface area contributed by atoms with Gasteiger partial charge in [0.05, 0.1) is 0 Å². The van der Waals surface area contributed by atoms with Crippen LogP contribution < -0.4 is 10.1 Å². The van der Waals surface area contributed by atoms with Crippen LogP contribution in [0.1, 0.15) is 18.5 Å². The second-order valence-corrected chi connectivity index (χ2v) is 4.36. The Balaban J connectivity index is 2.02. The van der Waals surface area contributed by atoms with Crippen molar-refractivity contribution in [1.82, 2.24) is 0 Å². The van der Waals surface area contributed by atoms with E-state index in [0.717, 1.165) is 11.3 Å². The molecule has 0 heterocycles. The van der Waals surface area contributed by atoms with E-state index in [1.807, 2.05) is 13.0 Å². The van der Waals surface area contributed by atoms with Crippen molar-refractivity contribution in [3.05, 3.63) is 54.1 Å². The topological polar surface area (TPSA) is 41.5 Å². The summed E-state index contributed by atoms with van der Waals surface area (Å²) in [5.41, 5.74) is 1.71. The summed E-state index contributed by atoms with van der Waals surface area (Å²) < 4.78 is 28.3. The Hall–Kier alpha value is -2.30. The molecule has 0 spiro atoms. The number of aromatic hydroxyl groups is 1. The van der Waals surface area contributed by atoms with Crippen molar-refractivity contribution in [2.75, 3.05) is 5.32 Å². The quantitative estimate of drug-likeness (QED) is 0.863. The van der Waals surface area contributed by atoms with Crippen molar-refractivity contribution in [2.24, 2.45) is 0 Å². The Bertz CT molecular complexity index is 558. The van der Waals surface area contributed by atoms with E-state index < -0.39 is 6.61 Å². The van der Waals surface area contributed by atoms with Crippen molar-refractivity contribution in [3.63, 3.8) is 0 Å². The van der Waals surface area contributed by atoms with E-state index in [-0.39, 0.29) is 17.5 Å². The zero-order chi connectivity index (χ0) is 14.5. The Morgan fingerprint density at radius 1 is 1.10 bits per heavy atom. The molecule has 0 saturated carbocycles. The second-order valence-electron chi connectivity index (χ2n) is 4.36. The minimum atomic E-state index is -2.82. The molecule has 3 nitrogen and oxygen atoms in total. The van der Waals surface area contributed by atoms with Crippen LogP contribution in [0, 0.1) is 0 Å². The van der Waals surface area contributed by atoms with Gasteiger partial charge in [-0.1, -0.05) is 12.1 Å². The zero-order valence-electron chi connectivity index (χ0n) is 10.9. The van der Waals surface area contributed by atoms with Crippen molar-refractivity contribution in [3.8, 4) is 11.5 Å². The highest BCUT2D eigenvalue weighted by Crippen LogP contribution is 2.24. The molecule has 0 aliphatic rings. The Kier molecular flexibility index (Phi) is 4.40. The Morgan fingerprint density at radius 2 is 1.80 bits per heavy atom. The number of ether oxygens (including phenoxy) is 1. The molecule has 0 aliphatic heterocycles. The minimum absolute atomic E-state index is 0.0241. The zero-order valence-corrected chi connectivity index (χ0v) is 10.9. The van der Waals surface area contributed by atoms with Crippen molar-refractivity contribution in [1.29, 1.82) is 0 Å². The molecule has 2 aromatic rings. The van der Waals surface area contributed by atoms with Gasteiger partial charge in [-0.15, -0.1) is 0 Å². The highest BCUT2D eigenvalue weighted by molar-refractivity contribution is 5.48. The lowest BCUT2D eigenvalue weighted by atomic mass is 10.1. The van der Waals surface area contributed by atoms with E-state index in [0.29, 0.717) is 0 Å². The molecule has 0 saturated heterocycles. The summed E-state index contributed by atoms with van der Waals surface area (Å²) in [5, 5.41) is 12.6. The molecule has 1 unspecified atom stereocenters. The molecule has 2 aromatic carbocycles. The first-order valence-corrected chi connectivity index (χ1v) is 6.15. The van der Waals surface area contributed by atoms with Crippen molar-refractivity contribution in [2.45, 2.75) is 19.6 Å². The summed E-state index contributed by atoms with van der Waals surface area (Å²) in [5.74, 6) is 0.326. The van der Waals surface area contributed by atoms with Gasteiger partial charge in [-0.25, -0.2) is 0 Å². The maximum absolute atomic E-state index is 12.0. The highest BCUT2D eigenvalue weighted by atomic mass is 19.3. The van der Waals surface area contributed by atoms with E-state index in [1.165, 1.54) is 12.1 Å². The van der Waals surface area contributed by atoms with E-state index in [2.05, 4.69) is 10.1 Å². The number of alkyl halides is 2. The number of anilines is 1. The minimum Gasteiger partial charge on any atom is -0.508 e. The van der Waals surface area contributed by atoms with Crippen molar-refractivity contribution >= 4 is 5.69 Å². The summed E-state index contributed by atoms with van der Waals surface area (Å²) in [4.78, 5) is 0. The average Bonchev–Trinajstić information content (AvgIpc) is 2.40. The summed E-state index contributed by atoms with van der Waals surface area (Å²) in [6.07, 6.45) is 0. The van der Waals surface area contributed by atoms with Gasteiger partial charge in [0.25, 0.3) is 0 Å². The number of halogens is 2. The fourth-order valence-corrected chi connectivity index (χ4v) is 1.86. The standard InChI is InChI=1S/C15H15F2NO2/c1-10(11-3-2-4-13(19)9-11)18-12-5-7-14(8-6-12)20-15(16)17/h2-10,15,18-19H,1H3. The van der Waals surface area contributed by atoms with Gasteiger partial charge >= 0.3 is 6.61 Å². The van der Waals surface area contributed by atoms with Gasteiger partial charge in [0.2, 0.25) is 0 Å². The van der Waals surface area contributed by atoms with E-state index in [9.17, 15) is 13.9 Å². The molecule has 0 aromatic heterocycles. The molecule has 0 bridgehead atoms. The van der Waals surface area contributed by atoms with Gasteiger partial charge in [-0.3, -0.25) is 0 Å². The predicted octanol–water partition coefficient (Wildman–Crippen LogP) is 4.17. The first kappa shape index (κ1) is 14.1. The van der Waals surface area contributed by atoms with E-state index in [4.69, 9.17) is 0 Å². The molecule has 20 heavy (non-hydrogen) atoms. The van der Waals surface area contributed by atoms with E-state index in [1.54, 1.807) is 30.3 Å². The second kappa shape index (κ2) is 6.23. The fourth-order valence-electron chi connectivity index (χ4n) is 1.86. The van der Waals surface area contributed by atoms with Gasteiger partial charge in [-0.05, 0) is 48.9 Å². The van der Waals surface area contributed by atoms with Crippen molar-refractivity contribution < 1.29 is 18.6 Å². The van der Waals surface area contributed by atoms with Gasteiger partial charge in [0.1, 0.15) is 11.5 Å². The molecule has 1 atom stereocenters. The summed E-state index contributed by atoms with van der Waals surface area (Å²) in [6.45, 7) is -0.877. The molecule has 0 amide bonds. The summed E-state index contributed by atoms with van der Waals surface area (Å²) in [7, 11) is 0. The molecular formula is C15H15F2NO2. The van der Waals surface area contributed by atoms with Crippen LogP contribution in [0.3, 0.4) is 0 Å². The largest absolute Gasteiger partial charge is 0.508 e. The Labute approximate surface area is 115 Å². The lowest BCUT2D eigenvalue weighted by Gasteiger charge is -2.16. The lowest BCUT2D eigenvalue weighted by molar-refractivity contribution is -0.0498. The number of hydrogen-bond donors (Lipinski definition) is 2. The normalized spacial score (nSPS) is 12.2. The molecular weight excluding hydrogens is 264 g/mol. The number of rotatable bonds is 5. The molecule has 2 rings (SSSR count). The number of nitrogens with one attached hydrogen (secondary N) is 1. The third-order valence-electron chi connectivity index (χ3n) is 2.83. The fraction of sp³-hybridized carbons (Fsp3) is 0.200.